The Hall–Kier alpha value is -1.63. The second-order valence-corrected chi connectivity index (χ2v) is 6.15. The van der Waals surface area contributed by atoms with Crippen molar-refractivity contribution < 1.29 is 19.1 Å². The average Bonchev–Trinajstić information content (AvgIpc) is 2.97. The number of carbonyl (C=O) groups is 2. The minimum atomic E-state index is -0.146. The molecule has 2 aliphatic heterocycles. The van der Waals surface area contributed by atoms with Gasteiger partial charge in [0.05, 0.1) is 18.8 Å². The predicted octanol–water partition coefficient (Wildman–Crippen LogP) is 1.04. The minimum absolute atomic E-state index is 0.0552. The molecule has 0 bridgehead atoms. The summed E-state index contributed by atoms with van der Waals surface area (Å²) in [6.07, 6.45) is -0.146. The largest absolute Gasteiger partial charge is 0.383 e. The third kappa shape index (κ3) is 3.34. The summed E-state index contributed by atoms with van der Waals surface area (Å²) in [6.45, 7) is 1.98. The lowest BCUT2D eigenvalue weighted by atomic mass is 10.1. The molecule has 2 saturated heterocycles. The van der Waals surface area contributed by atoms with E-state index in [1.807, 2.05) is 0 Å². The molecule has 2 fully saturated rings. The van der Waals surface area contributed by atoms with E-state index in [0.29, 0.717) is 36.8 Å². The fourth-order valence-electron chi connectivity index (χ4n) is 3.12. The van der Waals surface area contributed by atoms with Crippen LogP contribution in [0.2, 0.25) is 5.02 Å². The normalized spacial score (nSPS) is 24.0. The van der Waals surface area contributed by atoms with E-state index in [1.165, 1.54) is 0 Å². The summed E-state index contributed by atoms with van der Waals surface area (Å²) in [5.74, 6) is -0.148. The van der Waals surface area contributed by atoms with E-state index in [4.69, 9.17) is 21.1 Å². The van der Waals surface area contributed by atoms with E-state index < -0.39 is 0 Å². The number of ether oxygens (including phenoxy) is 2. The molecular formula is C16H19ClN2O4. The molecule has 23 heavy (non-hydrogen) atoms. The van der Waals surface area contributed by atoms with Crippen LogP contribution in [0.4, 0.5) is 0 Å². The fraction of sp³-hybridized carbons (Fsp3) is 0.500. The molecule has 124 valence electrons. The fourth-order valence-corrected chi connectivity index (χ4v) is 3.31. The van der Waals surface area contributed by atoms with Crippen molar-refractivity contribution in [3.05, 3.63) is 34.9 Å². The molecule has 0 saturated carbocycles. The number of carbonyl (C=O) groups excluding carboxylic acids is 2. The SMILES string of the molecule is COCCN1C(=O)CO[C@H]2CN(C(=O)c3cccc(Cl)c3)C[C@@H]21. The van der Waals surface area contributed by atoms with Crippen LogP contribution in [0.3, 0.4) is 0 Å². The lowest BCUT2D eigenvalue weighted by Gasteiger charge is -2.36. The monoisotopic (exact) mass is 338 g/mol. The summed E-state index contributed by atoms with van der Waals surface area (Å²) >= 11 is 5.95. The van der Waals surface area contributed by atoms with Crippen LogP contribution in [0.1, 0.15) is 10.4 Å². The minimum Gasteiger partial charge on any atom is -0.383 e. The van der Waals surface area contributed by atoms with E-state index >= 15 is 0 Å². The van der Waals surface area contributed by atoms with Gasteiger partial charge in [-0.1, -0.05) is 17.7 Å². The first kappa shape index (κ1) is 16.2. The van der Waals surface area contributed by atoms with Crippen LogP contribution in [0.25, 0.3) is 0 Å². The summed E-state index contributed by atoms with van der Waals surface area (Å²) in [7, 11) is 1.60. The summed E-state index contributed by atoms with van der Waals surface area (Å²) < 4.78 is 10.7. The highest BCUT2D eigenvalue weighted by Crippen LogP contribution is 2.25. The van der Waals surface area contributed by atoms with Gasteiger partial charge in [0.25, 0.3) is 5.91 Å². The average molecular weight is 339 g/mol. The third-order valence-electron chi connectivity index (χ3n) is 4.27. The lowest BCUT2D eigenvalue weighted by molar-refractivity contribution is -0.153. The van der Waals surface area contributed by atoms with Gasteiger partial charge in [0, 0.05) is 37.3 Å². The Morgan fingerprint density at radius 2 is 2.26 bits per heavy atom. The lowest BCUT2D eigenvalue weighted by Crippen LogP contribution is -2.54. The number of fused-ring (bicyclic) bond motifs is 1. The molecule has 7 heteroatoms. The maximum absolute atomic E-state index is 12.6. The first-order valence-electron chi connectivity index (χ1n) is 7.55. The summed E-state index contributed by atoms with van der Waals surface area (Å²) in [4.78, 5) is 28.2. The molecule has 6 nitrogen and oxygen atoms in total. The quantitative estimate of drug-likeness (QED) is 0.823. The van der Waals surface area contributed by atoms with Crippen LogP contribution >= 0.6 is 11.6 Å². The zero-order valence-electron chi connectivity index (χ0n) is 12.9. The topological polar surface area (TPSA) is 59.1 Å². The highest BCUT2D eigenvalue weighted by atomic mass is 35.5. The number of nitrogens with zero attached hydrogens (tertiary/aromatic N) is 2. The molecule has 2 heterocycles. The Morgan fingerprint density at radius 1 is 1.43 bits per heavy atom. The molecule has 0 radical (unpaired) electrons. The highest BCUT2D eigenvalue weighted by molar-refractivity contribution is 6.30. The van der Waals surface area contributed by atoms with Crippen LogP contribution in [0.15, 0.2) is 24.3 Å². The van der Waals surface area contributed by atoms with Gasteiger partial charge in [-0.3, -0.25) is 9.59 Å². The van der Waals surface area contributed by atoms with Gasteiger partial charge in [-0.25, -0.2) is 0 Å². The van der Waals surface area contributed by atoms with Crippen LogP contribution in [-0.2, 0) is 14.3 Å². The second kappa shape index (κ2) is 6.86. The van der Waals surface area contributed by atoms with Gasteiger partial charge in [-0.05, 0) is 18.2 Å². The molecule has 1 aromatic rings. The number of halogens is 1. The Labute approximate surface area is 139 Å². The number of rotatable bonds is 4. The van der Waals surface area contributed by atoms with Crippen molar-refractivity contribution in [2.75, 3.05) is 40.0 Å². The number of likely N-dealkylation sites (tertiary alicyclic amines) is 1. The van der Waals surface area contributed by atoms with E-state index in [2.05, 4.69) is 0 Å². The van der Waals surface area contributed by atoms with Crippen molar-refractivity contribution >= 4 is 23.4 Å². The van der Waals surface area contributed by atoms with E-state index in [-0.39, 0.29) is 30.6 Å². The van der Waals surface area contributed by atoms with Gasteiger partial charge in [0.15, 0.2) is 0 Å². The van der Waals surface area contributed by atoms with E-state index in [0.717, 1.165) is 0 Å². The van der Waals surface area contributed by atoms with Crippen molar-refractivity contribution in [3.63, 3.8) is 0 Å². The number of benzene rings is 1. The molecule has 0 aliphatic carbocycles. The number of methoxy groups -OCH3 is 1. The molecule has 3 rings (SSSR count). The van der Waals surface area contributed by atoms with Gasteiger partial charge >= 0.3 is 0 Å². The van der Waals surface area contributed by atoms with Crippen molar-refractivity contribution in [2.45, 2.75) is 12.1 Å². The van der Waals surface area contributed by atoms with Gasteiger partial charge in [-0.15, -0.1) is 0 Å². The Bertz CT molecular complexity index is 609. The second-order valence-electron chi connectivity index (χ2n) is 5.72. The Morgan fingerprint density at radius 3 is 3.00 bits per heavy atom. The molecule has 1 aromatic carbocycles. The van der Waals surface area contributed by atoms with E-state index in [1.54, 1.807) is 41.2 Å². The van der Waals surface area contributed by atoms with E-state index in [9.17, 15) is 9.59 Å². The van der Waals surface area contributed by atoms with Crippen LogP contribution < -0.4 is 0 Å². The van der Waals surface area contributed by atoms with Crippen LogP contribution in [0.5, 0.6) is 0 Å². The van der Waals surface area contributed by atoms with Gasteiger partial charge in [-0.2, -0.15) is 0 Å². The number of amides is 2. The molecule has 0 unspecified atom stereocenters. The summed E-state index contributed by atoms with van der Waals surface area (Å²) in [5, 5.41) is 0.528. The molecule has 0 aromatic heterocycles. The first-order valence-corrected chi connectivity index (χ1v) is 7.93. The molecule has 0 spiro atoms. The Kier molecular flexibility index (Phi) is 4.84. The maximum Gasteiger partial charge on any atom is 0.254 e. The molecule has 2 atom stereocenters. The zero-order chi connectivity index (χ0) is 16.4. The number of hydrogen-bond acceptors (Lipinski definition) is 4. The Balaban J connectivity index is 1.73. The van der Waals surface area contributed by atoms with Crippen molar-refractivity contribution in [1.29, 1.82) is 0 Å². The first-order chi connectivity index (χ1) is 11.1. The van der Waals surface area contributed by atoms with Crippen molar-refractivity contribution in [1.82, 2.24) is 9.80 Å². The molecule has 2 aliphatic rings. The zero-order valence-corrected chi connectivity index (χ0v) is 13.7. The van der Waals surface area contributed by atoms with Crippen molar-refractivity contribution in [3.8, 4) is 0 Å². The van der Waals surface area contributed by atoms with Gasteiger partial charge in [0.1, 0.15) is 6.61 Å². The van der Waals surface area contributed by atoms with Crippen LogP contribution in [0, 0.1) is 0 Å². The van der Waals surface area contributed by atoms with Crippen molar-refractivity contribution in [2.24, 2.45) is 0 Å². The summed E-state index contributed by atoms with van der Waals surface area (Å²) in [5.41, 5.74) is 0.547. The summed E-state index contributed by atoms with van der Waals surface area (Å²) in [6, 6.07) is 6.76. The smallest absolute Gasteiger partial charge is 0.254 e. The molecule has 0 N–H and O–H groups in total. The van der Waals surface area contributed by atoms with Gasteiger partial charge < -0.3 is 19.3 Å². The van der Waals surface area contributed by atoms with Gasteiger partial charge in [0.2, 0.25) is 5.91 Å². The molecule has 2 amide bonds. The number of morpholine rings is 1. The third-order valence-corrected chi connectivity index (χ3v) is 4.51. The molecular weight excluding hydrogens is 320 g/mol. The maximum atomic E-state index is 12.6. The predicted molar refractivity (Wildman–Crippen MR) is 84.5 cm³/mol. The number of hydrogen-bond donors (Lipinski definition) is 0. The van der Waals surface area contributed by atoms with Crippen LogP contribution in [-0.4, -0.2) is 73.7 Å². The highest BCUT2D eigenvalue weighted by Gasteiger charge is 2.44. The standard InChI is InChI=1S/C16H19ClN2O4/c1-22-6-5-19-13-8-18(9-14(13)23-10-15(19)20)16(21)11-3-2-4-12(17)7-11/h2-4,7,13-14H,5-6,8-10H2,1H3/t13-,14-/m0/s1.